The van der Waals surface area contributed by atoms with Crippen LogP contribution in [0.5, 0.6) is 0 Å². The molecule has 5 heteroatoms. The zero-order valence-electron chi connectivity index (χ0n) is 13.3. The molecule has 5 nitrogen and oxygen atoms in total. The van der Waals surface area contributed by atoms with E-state index >= 15 is 0 Å². The van der Waals surface area contributed by atoms with Crippen molar-refractivity contribution in [2.24, 2.45) is 5.10 Å². The van der Waals surface area contributed by atoms with Crippen LogP contribution >= 0.6 is 0 Å². The Hall–Kier alpha value is -3.21. The third kappa shape index (κ3) is 5.21. The van der Waals surface area contributed by atoms with Crippen molar-refractivity contribution >= 4 is 24.2 Å². The first-order valence-corrected chi connectivity index (χ1v) is 7.53. The average molecular weight is 322 g/mol. The Morgan fingerprint density at radius 2 is 1.71 bits per heavy atom. The molecule has 0 bridgehead atoms. The van der Waals surface area contributed by atoms with Gasteiger partial charge in [0.1, 0.15) is 0 Å². The van der Waals surface area contributed by atoms with Crippen LogP contribution in [0.4, 0.5) is 0 Å². The van der Waals surface area contributed by atoms with Crippen LogP contribution in [0.3, 0.4) is 0 Å². The number of ether oxygens (including phenoxy) is 1. The smallest absolute Gasteiger partial charge is 0.338 e. The molecule has 1 N–H and O–H groups in total. The Morgan fingerprint density at radius 1 is 1.04 bits per heavy atom. The second-order valence-corrected chi connectivity index (χ2v) is 4.79. The number of rotatable bonds is 6. The molecule has 24 heavy (non-hydrogen) atoms. The highest BCUT2D eigenvalue weighted by Gasteiger charge is 2.08. The number of amides is 1. The maximum Gasteiger partial charge on any atom is 0.338 e. The van der Waals surface area contributed by atoms with Crippen molar-refractivity contribution < 1.29 is 14.3 Å². The summed E-state index contributed by atoms with van der Waals surface area (Å²) in [4.78, 5) is 23.5. The average Bonchev–Trinajstić information content (AvgIpc) is 2.62. The molecule has 0 aromatic heterocycles. The fourth-order valence-corrected chi connectivity index (χ4v) is 1.89. The number of nitrogens with one attached hydrogen (secondary N) is 1. The van der Waals surface area contributed by atoms with E-state index in [-0.39, 0.29) is 5.91 Å². The lowest BCUT2D eigenvalue weighted by molar-refractivity contribution is 0.0526. The number of carbonyl (C=O) groups excluding carboxylic acids is 2. The van der Waals surface area contributed by atoms with Crippen molar-refractivity contribution in [3.05, 3.63) is 77.4 Å². The number of nitrogens with zero attached hydrogens (tertiary/aromatic N) is 1. The van der Waals surface area contributed by atoms with Gasteiger partial charge in [0, 0.05) is 11.8 Å². The molecular weight excluding hydrogens is 304 g/mol. The van der Waals surface area contributed by atoms with E-state index in [1.54, 1.807) is 37.3 Å². The normalized spacial score (nSPS) is 10.9. The highest BCUT2D eigenvalue weighted by molar-refractivity contribution is 5.96. The number of hydrogen-bond acceptors (Lipinski definition) is 4. The second-order valence-electron chi connectivity index (χ2n) is 4.79. The summed E-state index contributed by atoms with van der Waals surface area (Å²) in [5.74, 6) is -0.761. The molecule has 2 aromatic rings. The Kier molecular flexibility index (Phi) is 6.46. The quantitative estimate of drug-likeness (QED) is 0.504. The summed E-state index contributed by atoms with van der Waals surface area (Å²) in [5.41, 5.74) is 4.28. The minimum atomic E-state index is -0.409. The van der Waals surface area contributed by atoms with Crippen LogP contribution in [0, 0.1) is 0 Å². The summed E-state index contributed by atoms with van der Waals surface area (Å²) in [7, 11) is 0. The largest absolute Gasteiger partial charge is 0.462 e. The van der Waals surface area contributed by atoms with Gasteiger partial charge in [0.25, 0.3) is 5.91 Å². The first-order chi connectivity index (χ1) is 11.7. The molecule has 1 amide bonds. The van der Waals surface area contributed by atoms with Crippen molar-refractivity contribution in [3.8, 4) is 0 Å². The lowest BCUT2D eigenvalue weighted by Crippen LogP contribution is -2.17. The van der Waals surface area contributed by atoms with Crippen LogP contribution < -0.4 is 5.43 Å². The van der Waals surface area contributed by atoms with E-state index in [0.717, 1.165) is 5.56 Å². The monoisotopic (exact) mass is 322 g/mol. The van der Waals surface area contributed by atoms with Crippen molar-refractivity contribution in [1.29, 1.82) is 0 Å². The van der Waals surface area contributed by atoms with Gasteiger partial charge in [0.05, 0.1) is 12.2 Å². The van der Waals surface area contributed by atoms with Crippen molar-refractivity contribution in [2.45, 2.75) is 6.92 Å². The van der Waals surface area contributed by atoms with Crippen molar-refractivity contribution in [2.75, 3.05) is 6.61 Å². The first-order valence-electron chi connectivity index (χ1n) is 7.53. The molecule has 122 valence electrons. The Bertz CT molecular complexity index is 735. The van der Waals surface area contributed by atoms with Crippen LogP contribution in [-0.2, 0) is 4.74 Å². The minimum absolute atomic E-state index is 0.312. The third-order valence-electron chi connectivity index (χ3n) is 3.07. The second kappa shape index (κ2) is 9.05. The van der Waals surface area contributed by atoms with Gasteiger partial charge in [-0.05, 0) is 42.8 Å². The summed E-state index contributed by atoms with van der Waals surface area (Å²) >= 11 is 0. The van der Waals surface area contributed by atoms with Crippen molar-refractivity contribution in [3.63, 3.8) is 0 Å². The van der Waals surface area contributed by atoms with E-state index in [1.807, 2.05) is 36.4 Å². The van der Waals surface area contributed by atoms with Gasteiger partial charge < -0.3 is 4.74 Å². The number of esters is 1. The van der Waals surface area contributed by atoms with Gasteiger partial charge in [-0.25, -0.2) is 10.2 Å². The molecule has 0 spiro atoms. The van der Waals surface area contributed by atoms with Gasteiger partial charge in [-0.1, -0.05) is 36.4 Å². The molecule has 0 aliphatic heterocycles. The first kappa shape index (κ1) is 17.1. The standard InChI is InChI=1S/C19H18N2O3/c1-2-24-19(23)17-12-10-16(11-13-17)18(22)21-20-14-6-9-15-7-4-3-5-8-15/h3-14H,2H2,1H3,(H,21,22)/b9-6+,20-14+. The van der Waals surface area contributed by atoms with Crippen LogP contribution in [0.15, 0.2) is 65.8 Å². The Labute approximate surface area is 140 Å². The van der Waals surface area contributed by atoms with E-state index in [1.165, 1.54) is 6.21 Å². The molecule has 0 radical (unpaired) electrons. The van der Waals surface area contributed by atoms with E-state index < -0.39 is 5.97 Å². The maximum atomic E-state index is 11.9. The predicted molar refractivity (Wildman–Crippen MR) is 93.8 cm³/mol. The number of allylic oxidation sites excluding steroid dienone is 1. The molecule has 0 heterocycles. The molecule has 0 aliphatic carbocycles. The minimum Gasteiger partial charge on any atom is -0.462 e. The Balaban J connectivity index is 1.87. The van der Waals surface area contributed by atoms with E-state index in [4.69, 9.17) is 4.74 Å². The molecule has 2 rings (SSSR count). The molecule has 0 fully saturated rings. The maximum absolute atomic E-state index is 11.9. The molecular formula is C19H18N2O3. The SMILES string of the molecule is CCOC(=O)c1ccc(C(=O)N/N=C/C=C/c2ccccc2)cc1. The van der Waals surface area contributed by atoms with Gasteiger partial charge in [-0.2, -0.15) is 5.10 Å². The summed E-state index contributed by atoms with van der Waals surface area (Å²) in [6, 6.07) is 16.0. The van der Waals surface area contributed by atoms with Gasteiger partial charge in [0.15, 0.2) is 0 Å². The zero-order chi connectivity index (χ0) is 17.2. The fraction of sp³-hybridized carbons (Fsp3) is 0.105. The number of hydrazone groups is 1. The molecule has 0 atom stereocenters. The van der Waals surface area contributed by atoms with E-state index in [9.17, 15) is 9.59 Å². The number of hydrogen-bond donors (Lipinski definition) is 1. The van der Waals surface area contributed by atoms with Crippen LogP contribution in [0.2, 0.25) is 0 Å². The third-order valence-corrected chi connectivity index (χ3v) is 3.07. The summed E-state index contributed by atoms with van der Waals surface area (Å²) in [5, 5.41) is 3.85. The topological polar surface area (TPSA) is 67.8 Å². The van der Waals surface area contributed by atoms with Crippen molar-refractivity contribution in [1.82, 2.24) is 5.43 Å². The van der Waals surface area contributed by atoms with Gasteiger partial charge in [0.2, 0.25) is 0 Å². The zero-order valence-corrected chi connectivity index (χ0v) is 13.3. The molecule has 0 saturated heterocycles. The van der Waals surface area contributed by atoms with E-state index in [0.29, 0.717) is 17.7 Å². The molecule has 0 unspecified atom stereocenters. The molecule has 2 aromatic carbocycles. The Morgan fingerprint density at radius 3 is 2.38 bits per heavy atom. The van der Waals surface area contributed by atoms with E-state index in [2.05, 4.69) is 10.5 Å². The van der Waals surface area contributed by atoms with Gasteiger partial charge in [-0.15, -0.1) is 0 Å². The summed E-state index contributed by atoms with van der Waals surface area (Å²) in [6.45, 7) is 2.05. The van der Waals surface area contributed by atoms with Crippen LogP contribution in [-0.4, -0.2) is 24.7 Å². The highest BCUT2D eigenvalue weighted by atomic mass is 16.5. The highest BCUT2D eigenvalue weighted by Crippen LogP contribution is 2.06. The number of carbonyl (C=O) groups is 2. The summed E-state index contributed by atoms with van der Waals surface area (Å²) < 4.78 is 4.89. The fourth-order valence-electron chi connectivity index (χ4n) is 1.89. The lowest BCUT2D eigenvalue weighted by atomic mass is 10.1. The lowest BCUT2D eigenvalue weighted by Gasteiger charge is -2.03. The molecule has 0 saturated carbocycles. The predicted octanol–water partition coefficient (Wildman–Crippen LogP) is 3.29. The van der Waals surface area contributed by atoms with Crippen LogP contribution in [0.25, 0.3) is 6.08 Å². The summed E-state index contributed by atoms with van der Waals surface area (Å²) in [6.07, 6.45) is 5.11. The van der Waals surface area contributed by atoms with Gasteiger partial charge >= 0.3 is 5.97 Å². The van der Waals surface area contributed by atoms with Gasteiger partial charge in [-0.3, -0.25) is 4.79 Å². The van der Waals surface area contributed by atoms with Crippen LogP contribution in [0.1, 0.15) is 33.2 Å². The molecule has 0 aliphatic rings. The number of benzene rings is 2.